The Morgan fingerprint density at radius 2 is 1.95 bits per heavy atom. The van der Waals surface area contributed by atoms with Crippen LogP contribution in [0.1, 0.15) is 31.2 Å². The molecule has 102 valence electrons. The summed E-state index contributed by atoms with van der Waals surface area (Å²) >= 11 is 5.87. The van der Waals surface area contributed by atoms with Crippen LogP contribution in [0.4, 0.5) is 0 Å². The summed E-state index contributed by atoms with van der Waals surface area (Å²) in [6.45, 7) is 0. The molecule has 20 heavy (non-hydrogen) atoms. The van der Waals surface area contributed by atoms with E-state index < -0.39 is 0 Å². The van der Waals surface area contributed by atoms with Gasteiger partial charge in [-0.2, -0.15) is 10.1 Å². The molecule has 5 heteroatoms. The minimum Gasteiger partial charge on any atom is -0.239 e. The van der Waals surface area contributed by atoms with Gasteiger partial charge in [0.05, 0.1) is 22.4 Å². The molecule has 0 aliphatic heterocycles. The Morgan fingerprint density at radius 3 is 2.50 bits per heavy atom. The van der Waals surface area contributed by atoms with E-state index in [0.717, 1.165) is 36.9 Å². The van der Waals surface area contributed by atoms with E-state index in [1.807, 2.05) is 24.3 Å². The molecule has 0 atom stereocenters. The van der Waals surface area contributed by atoms with Crippen LogP contribution in [-0.4, -0.2) is 15.9 Å². The van der Waals surface area contributed by atoms with E-state index in [0.29, 0.717) is 5.02 Å². The van der Waals surface area contributed by atoms with Crippen molar-refractivity contribution in [3.63, 3.8) is 0 Å². The third kappa shape index (κ3) is 2.28. The third-order valence-electron chi connectivity index (χ3n) is 3.91. The SMILES string of the molecule is O=C=NC1(c2ccc(-n3cc(Cl)cn3)cc2)CCCC1. The summed E-state index contributed by atoms with van der Waals surface area (Å²) in [5.74, 6) is 0. The highest BCUT2D eigenvalue weighted by molar-refractivity contribution is 6.30. The molecule has 0 saturated heterocycles. The van der Waals surface area contributed by atoms with Crippen molar-refractivity contribution in [1.29, 1.82) is 0 Å². The number of aromatic nitrogens is 2. The standard InChI is InChI=1S/C15H14ClN3O/c16-13-9-18-19(10-13)14-5-3-12(4-6-14)15(17-11-20)7-1-2-8-15/h3-6,9-10H,1-2,7-8H2. The number of aliphatic imine (C=N–C) groups is 1. The Morgan fingerprint density at radius 1 is 1.25 bits per heavy atom. The molecule has 0 radical (unpaired) electrons. The van der Waals surface area contributed by atoms with E-state index >= 15 is 0 Å². The maximum atomic E-state index is 10.7. The van der Waals surface area contributed by atoms with Gasteiger partial charge in [-0.25, -0.2) is 9.48 Å². The summed E-state index contributed by atoms with van der Waals surface area (Å²) in [5.41, 5.74) is 1.63. The van der Waals surface area contributed by atoms with E-state index in [-0.39, 0.29) is 5.54 Å². The number of rotatable bonds is 3. The first-order valence-corrected chi connectivity index (χ1v) is 7.01. The normalized spacial score (nSPS) is 16.9. The van der Waals surface area contributed by atoms with Crippen LogP contribution in [0.3, 0.4) is 0 Å². The zero-order chi connectivity index (χ0) is 14.0. The molecule has 1 aliphatic rings. The first kappa shape index (κ1) is 13.1. The fourth-order valence-electron chi connectivity index (χ4n) is 2.88. The predicted molar refractivity (Wildman–Crippen MR) is 76.8 cm³/mol. The first-order valence-electron chi connectivity index (χ1n) is 6.64. The van der Waals surface area contributed by atoms with Crippen molar-refractivity contribution in [3.05, 3.63) is 47.2 Å². The number of nitrogens with zero attached hydrogens (tertiary/aromatic N) is 3. The molecule has 3 rings (SSSR count). The molecular weight excluding hydrogens is 274 g/mol. The van der Waals surface area contributed by atoms with Crippen molar-refractivity contribution >= 4 is 17.7 Å². The lowest BCUT2D eigenvalue weighted by atomic mass is 9.89. The largest absolute Gasteiger partial charge is 0.239 e. The second-order valence-electron chi connectivity index (χ2n) is 5.09. The summed E-state index contributed by atoms with van der Waals surface area (Å²) in [6, 6.07) is 7.96. The molecule has 1 saturated carbocycles. The van der Waals surface area contributed by atoms with Crippen LogP contribution in [-0.2, 0) is 10.3 Å². The van der Waals surface area contributed by atoms with Crippen LogP contribution in [0.25, 0.3) is 5.69 Å². The lowest BCUT2D eigenvalue weighted by molar-refractivity contribution is 0.456. The molecule has 4 nitrogen and oxygen atoms in total. The van der Waals surface area contributed by atoms with Crippen molar-refractivity contribution < 1.29 is 4.79 Å². The maximum Gasteiger partial charge on any atom is 0.235 e. The number of benzene rings is 1. The van der Waals surface area contributed by atoms with Crippen molar-refractivity contribution in [2.24, 2.45) is 4.99 Å². The Bertz CT molecular complexity index is 650. The minimum absolute atomic E-state index is 0.373. The Labute approximate surface area is 122 Å². The highest BCUT2D eigenvalue weighted by atomic mass is 35.5. The molecule has 0 spiro atoms. The quantitative estimate of drug-likeness (QED) is 0.639. The van der Waals surface area contributed by atoms with Crippen LogP contribution < -0.4 is 0 Å². The van der Waals surface area contributed by atoms with Gasteiger partial charge in [-0.1, -0.05) is 36.6 Å². The number of hydrogen-bond donors (Lipinski definition) is 0. The summed E-state index contributed by atoms with van der Waals surface area (Å²) < 4.78 is 1.72. The van der Waals surface area contributed by atoms with E-state index in [4.69, 9.17) is 11.6 Å². The van der Waals surface area contributed by atoms with Crippen molar-refractivity contribution in [2.45, 2.75) is 31.2 Å². The molecule has 2 aromatic rings. The molecule has 0 amide bonds. The van der Waals surface area contributed by atoms with Gasteiger partial charge in [-0.15, -0.1) is 0 Å². The zero-order valence-corrected chi connectivity index (χ0v) is 11.7. The second-order valence-corrected chi connectivity index (χ2v) is 5.53. The lowest BCUT2D eigenvalue weighted by Gasteiger charge is -2.22. The maximum absolute atomic E-state index is 10.7. The monoisotopic (exact) mass is 287 g/mol. The molecule has 1 aromatic heterocycles. The average molecular weight is 288 g/mol. The summed E-state index contributed by atoms with van der Waals surface area (Å²) in [7, 11) is 0. The van der Waals surface area contributed by atoms with Gasteiger partial charge in [0.15, 0.2) is 0 Å². The number of carbonyl (C=O) groups excluding carboxylic acids is 1. The zero-order valence-electron chi connectivity index (χ0n) is 10.9. The lowest BCUT2D eigenvalue weighted by Crippen LogP contribution is -2.18. The predicted octanol–water partition coefficient (Wildman–Crippen LogP) is 3.63. The molecule has 0 unspecified atom stereocenters. The molecule has 1 aromatic carbocycles. The van der Waals surface area contributed by atoms with E-state index in [1.165, 1.54) is 0 Å². The smallest absolute Gasteiger partial charge is 0.235 e. The van der Waals surface area contributed by atoms with Crippen molar-refractivity contribution in [2.75, 3.05) is 0 Å². The highest BCUT2D eigenvalue weighted by Gasteiger charge is 2.35. The first-order chi connectivity index (χ1) is 9.73. The van der Waals surface area contributed by atoms with Gasteiger partial charge in [-0.05, 0) is 30.5 Å². The van der Waals surface area contributed by atoms with E-state index in [9.17, 15) is 4.79 Å². The number of halogens is 1. The second kappa shape index (κ2) is 5.23. The Balaban J connectivity index is 1.94. The topological polar surface area (TPSA) is 47.2 Å². The fourth-order valence-corrected chi connectivity index (χ4v) is 3.01. The Kier molecular flexibility index (Phi) is 3.43. The average Bonchev–Trinajstić information content (AvgIpc) is 3.10. The van der Waals surface area contributed by atoms with Crippen LogP contribution >= 0.6 is 11.6 Å². The van der Waals surface area contributed by atoms with Gasteiger partial charge in [0.25, 0.3) is 0 Å². The minimum atomic E-state index is -0.373. The van der Waals surface area contributed by atoms with E-state index in [2.05, 4.69) is 10.1 Å². The van der Waals surface area contributed by atoms with Crippen LogP contribution in [0, 0.1) is 0 Å². The van der Waals surface area contributed by atoms with Crippen LogP contribution in [0.15, 0.2) is 41.7 Å². The van der Waals surface area contributed by atoms with Gasteiger partial charge in [0.2, 0.25) is 6.08 Å². The summed E-state index contributed by atoms with van der Waals surface area (Å²) in [6.07, 6.45) is 9.12. The van der Waals surface area contributed by atoms with Gasteiger partial charge >= 0.3 is 0 Å². The fraction of sp³-hybridized carbons (Fsp3) is 0.333. The molecule has 0 N–H and O–H groups in total. The molecule has 0 bridgehead atoms. The highest BCUT2D eigenvalue weighted by Crippen LogP contribution is 2.42. The summed E-state index contributed by atoms with van der Waals surface area (Å²) in [5, 5.41) is 4.77. The van der Waals surface area contributed by atoms with Crippen LogP contribution in [0.5, 0.6) is 0 Å². The Hall–Kier alpha value is -1.90. The van der Waals surface area contributed by atoms with Crippen LogP contribution in [0.2, 0.25) is 5.02 Å². The van der Waals surface area contributed by atoms with Gasteiger partial charge in [0.1, 0.15) is 0 Å². The number of hydrogen-bond acceptors (Lipinski definition) is 3. The molecule has 1 heterocycles. The molecular formula is C15H14ClN3O. The van der Waals surface area contributed by atoms with Crippen molar-refractivity contribution in [3.8, 4) is 5.69 Å². The third-order valence-corrected chi connectivity index (χ3v) is 4.11. The molecule has 1 fully saturated rings. The van der Waals surface area contributed by atoms with Crippen molar-refractivity contribution in [1.82, 2.24) is 9.78 Å². The van der Waals surface area contributed by atoms with Gasteiger partial charge < -0.3 is 0 Å². The van der Waals surface area contributed by atoms with Gasteiger partial charge in [0, 0.05) is 6.20 Å². The molecule has 1 aliphatic carbocycles. The van der Waals surface area contributed by atoms with Gasteiger partial charge in [-0.3, -0.25) is 0 Å². The number of isocyanates is 1. The van der Waals surface area contributed by atoms with E-state index in [1.54, 1.807) is 23.2 Å². The summed E-state index contributed by atoms with van der Waals surface area (Å²) in [4.78, 5) is 14.8.